The highest BCUT2D eigenvalue weighted by Gasteiger charge is 2.57. The minimum atomic E-state index is 0.388. The van der Waals surface area contributed by atoms with Gasteiger partial charge in [0.25, 0.3) is 0 Å². The molecule has 3 fully saturated rings. The van der Waals surface area contributed by atoms with E-state index in [0.717, 1.165) is 30.1 Å². The molecule has 2 unspecified atom stereocenters. The van der Waals surface area contributed by atoms with Crippen LogP contribution < -0.4 is 0 Å². The zero-order valence-corrected chi connectivity index (χ0v) is 19.9. The van der Waals surface area contributed by atoms with Gasteiger partial charge in [0, 0.05) is 5.38 Å². The standard InChI is InChI=1S/C27H43Cl/c1-18(2)7-6-8-19(3)23-11-12-24-22-10-9-20-17-21(28)13-15-26(20,4)25(22)14-16-27(23,24)5/h9,18,21-22,24-25H,6-8,10-17H2,1-5H3/b23-19+/t21-,22?,24-,25-,26?,27+/m0/s1. The molecule has 0 saturated heterocycles. The summed E-state index contributed by atoms with van der Waals surface area (Å²) in [5.41, 5.74) is 6.31. The van der Waals surface area contributed by atoms with Gasteiger partial charge in [0.05, 0.1) is 0 Å². The van der Waals surface area contributed by atoms with E-state index < -0.39 is 0 Å². The van der Waals surface area contributed by atoms with E-state index in [4.69, 9.17) is 11.6 Å². The molecule has 0 aliphatic heterocycles. The van der Waals surface area contributed by atoms with Crippen LogP contribution in [0.1, 0.15) is 105 Å². The SMILES string of the molecule is C/C(CCCC(C)C)=C1/CC[C@H]2C3CC=C4C[C@@H](Cl)CCC4(C)[C@H]3CC[C@]12C. The summed E-state index contributed by atoms with van der Waals surface area (Å²) >= 11 is 6.55. The predicted octanol–water partition coefficient (Wildman–Crippen LogP) is 8.70. The largest absolute Gasteiger partial charge is 0.123 e. The Hall–Kier alpha value is -0.230. The third kappa shape index (κ3) is 3.44. The van der Waals surface area contributed by atoms with Gasteiger partial charge in [0.15, 0.2) is 0 Å². The molecule has 0 amide bonds. The second kappa shape index (κ2) is 7.79. The van der Waals surface area contributed by atoms with Crippen molar-refractivity contribution in [3.8, 4) is 0 Å². The monoisotopic (exact) mass is 402 g/mol. The molecule has 4 aliphatic rings. The minimum absolute atomic E-state index is 0.388. The lowest BCUT2D eigenvalue weighted by molar-refractivity contribution is -0.0135. The molecule has 0 bridgehead atoms. The van der Waals surface area contributed by atoms with Crippen molar-refractivity contribution in [2.24, 2.45) is 34.5 Å². The third-order valence-corrected chi connectivity index (χ3v) is 10.0. The van der Waals surface area contributed by atoms with Gasteiger partial charge in [-0.2, -0.15) is 0 Å². The van der Waals surface area contributed by atoms with Crippen LogP contribution in [0.4, 0.5) is 0 Å². The van der Waals surface area contributed by atoms with Crippen LogP contribution in [0.2, 0.25) is 0 Å². The predicted molar refractivity (Wildman–Crippen MR) is 123 cm³/mol. The van der Waals surface area contributed by atoms with Gasteiger partial charge in [-0.05, 0) is 106 Å². The summed E-state index contributed by atoms with van der Waals surface area (Å²) in [6.45, 7) is 12.4. The second-order valence-corrected chi connectivity index (χ2v) is 12.3. The molecule has 0 spiro atoms. The summed E-state index contributed by atoms with van der Waals surface area (Å²) in [5.74, 6) is 3.59. The molecule has 0 aromatic carbocycles. The van der Waals surface area contributed by atoms with E-state index in [1.165, 1.54) is 64.2 Å². The van der Waals surface area contributed by atoms with Crippen molar-refractivity contribution in [1.29, 1.82) is 0 Å². The molecule has 0 radical (unpaired) electrons. The lowest BCUT2D eigenvalue weighted by Crippen LogP contribution is -2.49. The van der Waals surface area contributed by atoms with Crippen molar-refractivity contribution >= 4 is 11.6 Å². The van der Waals surface area contributed by atoms with Crippen LogP contribution >= 0.6 is 11.6 Å². The normalized spacial score (nSPS) is 44.6. The van der Waals surface area contributed by atoms with Crippen molar-refractivity contribution in [1.82, 2.24) is 0 Å². The number of alkyl halides is 1. The maximum absolute atomic E-state index is 6.55. The van der Waals surface area contributed by atoms with Gasteiger partial charge < -0.3 is 0 Å². The Bertz CT molecular complexity index is 655. The fourth-order valence-electron chi connectivity index (χ4n) is 8.06. The van der Waals surface area contributed by atoms with Gasteiger partial charge in [0.2, 0.25) is 0 Å². The number of halogens is 1. The molecule has 0 N–H and O–H groups in total. The second-order valence-electron chi connectivity index (χ2n) is 11.6. The molecule has 1 heteroatoms. The Kier molecular flexibility index (Phi) is 5.85. The van der Waals surface area contributed by atoms with Crippen molar-refractivity contribution in [2.45, 2.75) is 111 Å². The molecule has 3 saturated carbocycles. The van der Waals surface area contributed by atoms with Crippen molar-refractivity contribution in [3.63, 3.8) is 0 Å². The van der Waals surface area contributed by atoms with Crippen LogP contribution in [0.5, 0.6) is 0 Å². The third-order valence-electron chi connectivity index (χ3n) is 9.68. The molecule has 6 atom stereocenters. The van der Waals surface area contributed by atoms with Gasteiger partial charge in [-0.1, -0.05) is 56.9 Å². The lowest BCUT2D eigenvalue weighted by Gasteiger charge is -2.57. The van der Waals surface area contributed by atoms with Gasteiger partial charge in [0.1, 0.15) is 0 Å². The summed E-state index contributed by atoms with van der Waals surface area (Å²) < 4.78 is 0. The molecular weight excluding hydrogens is 360 g/mol. The van der Waals surface area contributed by atoms with E-state index >= 15 is 0 Å². The molecule has 158 valence electrons. The van der Waals surface area contributed by atoms with Crippen LogP contribution in [0.3, 0.4) is 0 Å². The fourth-order valence-corrected chi connectivity index (χ4v) is 8.33. The van der Waals surface area contributed by atoms with E-state index in [9.17, 15) is 0 Å². The maximum Gasteiger partial charge on any atom is 0.0373 e. The first kappa shape index (κ1) is 21.0. The Morgan fingerprint density at radius 2 is 1.82 bits per heavy atom. The number of hydrogen-bond acceptors (Lipinski definition) is 0. The highest BCUT2D eigenvalue weighted by Crippen LogP contribution is 2.66. The van der Waals surface area contributed by atoms with Crippen LogP contribution in [-0.4, -0.2) is 5.38 Å². The van der Waals surface area contributed by atoms with Gasteiger partial charge in [-0.25, -0.2) is 0 Å². The Morgan fingerprint density at radius 1 is 1.11 bits per heavy atom. The maximum atomic E-state index is 6.55. The van der Waals surface area contributed by atoms with Crippen LogP contribution in [-0.2, 0) is 0 Å². The fraction of sp³-hybridized carbons (Fsp3) is 0.852. The summed E-state index contributed by atoms with van der Waals surface area (Å²) in [4.78, 5) is 0. The van der Waals surface area contributed by atoms with E-state index in [-0.39, 0.29) is 0 Å². The minimum Gasteiger partial charge on any atom is -0.123 e. The topological polar surface area (TPSA) is 0 Å². The summed E-state index contributed by atoms with van der Waals surface area (Å²) in [6.07, 6.45) is 17.5. The molecule has 28 heavy (non-hydrogen) atoms. The molecule has 0 nitrogen and oxygen atoms in total. The number of rotatable bonds is 4. The number of allylic oxidation sites excluding steroid dienone is 4. The van der Waals surface area contributed by atoms with E-state index in [2.05, 4.69) is 40.7 Å². The molecule has 4 aliphatic carbocycles. The van der Waals surface area contributed by atoms with Gasteiger partial charge >= 0.3 is 0 Å². The Balaban J connectivity index is 1.55. The highest BCUT2D eigenvalue weighted by atomic mass is 35.5. The molecule has 0 aromatic heterocycles. The lowest BCUT2D eigenvalue weighted by atomic mass is 9.48. The van der Waals surface area contributed by atoms with E-state index in [0.29, 0.717) is 16.2 Å². The average molecular weight is 403 g/mol. The molecule has 0 aromatic rings. The summed E-state index contributed by atoms with van der Waals surface area (Å²) in [7, 11) is 0. The quantitative estimate of drug-likeness (QED) is 0.325. The molecule has 0 heterocycles. The van der Waals surface area contributed by atoms with Crippen LogP contribution in [0, 0.1) is 34.5 Å². The molecule has 4 rings (SSSR count). The first-order valence-electron chi connectivity index (χ1n) is 12.3. The van der Waals surface area contributed by atoms with Crippen molar-refractivity contribution < 1.29 is 0 Å². The van der Waals surface area contributed by atoms with E-state index in [1.54, 1.807) is 11.1 Å². The number of fused-ring (bicyclic) bond motifs is 5. The van der Waals surface area contributed by atoms with Crippen molar-refractivity contribution in [3.05, 3.63) is 22.8 Å². The number of hydrogen-bond donors (Lipinski definition) is 0. The zero-order valence-electron chi connectivity index (χ0n) is 19.1. The summed E-state index contributed by atoms with van der Waals surface area (Å²) in [5, 5.41) is 0.388. The average Bonchev–Trinajstić information content (AvgIpc) is 2.99. The first-order chi connectivity index (χ1) is 13.3. The van der Waals surface area contributed by atoms with E-state index in [1.807, 2.05) is 5.57 Å². The van der Waals surface area contributed by atoms with Gasteiger partial charge in [-0.15, -0.1) is 11.6 Å². The smallest absolute Gasteiger partial charge is 0.0373 e. The zero-order chi connectivity index (χ0) is 20.1. The summed E-state index contributed by atoms with van der Waals surface area (Å²) in [6, 6.07) is 0. The Labute approximate surface area is 179 Å². The molecular formula is C27H43Cl. The van der Waals surface area contributed by atoms with Gasteiger partial charge in [-0.3, -0.25) is 0 Å². The van der Waals surface area contributed by atoms with Crippen LogP contribution in [0.15, 0.2) is 22.8 Å². The van der Waals surface area contributed by atoms with Crippen molar-refractivity contribution in [2.75, 3.05) is 0 Å². The highest BCUT2D eigenvalue weighted by molar-refractivity contribution is 6.20. The first-order valence-corrected chi connectivity index (χ1v) is 12.7. The van der Waals surface area contributed by atoms with Crippen LogP contribution in [0.25, 0.3) is 0 Å². The Morgan fingerprint density at radius 3 is 2.57 bits per heavy atom.